The lowest BCUT2D eigenvalue weighted by molar-refractivity contribution is -0.141. The molecule has 0 aliphatic carbocycles. The molecular formula is C13H19N3O3P2. The lowest BCUT2D eigenvalue weighted by Crippen LogP contribution is -2.30. The van der Waals surface area contributed by atoms with Crippen molar-refractivity contribution in [2.24, 2.45) is 0 Å². The number of carbonyl (C=O) groups excluding carboxylic acids is 1. The molecule has 0 radical (unpaired) electrons. The van der Waals surface area contributed by atoms with E-state index in [0.29, 0.717) is 5.52 Å². The first-order valence-electron chi connectivity index (χ1n) is 6.56. The Morgan fingerprint density at radius 1 is 1.43 bits per heavy atom. The average Bonchev–Trinajstić information content (AvgIpc) is 2.86. The predicted molar refractivity (Wildman–Crippen MR) is 87.7 cm³/mol. The predicted octanol–water partition coefficient (Wildman–Crippen LogP) is 1.54. The summed E-state index contributed by atoms with van der Waals surface area (Å²) in [5, 5.41) is 4.46. The van der Waals surface area contributed by atoms with Gasteiger partial charge < -0.3 is 4.74 Å². The zero-order valence-corrected chi connectivity index (χ0v) is 14.5. The molecule has 2 heterocycles. The van der Waals surface area contributed by atoms with Gasteiger partial charge in [0, 0.05) is 17.5 Å². The minimum Gasteiger partial charge on any atom is -0.468 e. The normalized spacial score (nSPS) is 11.6. The van der Waals surface area contributed by atoms with Gasteiger partial charge in [-0.15, -0.1) is 18.5 Å². The number of hydrogen-bond acceptors (Lipinski definition) is 4. The first-order valence-corrected chi connectivity index (χ1v) is 7.89. The molecule has 0 saturated heterocycles. The maximum atomic E-state index is 12.4. The van der Waals surface area contributed by atoms with Gasteiger partial charge in [-0.2, -0.15) is 5.10 Å². The van der Waals surface area contributed by atoms with Crippen LogP contribution in [0.15, 0.2) is 17.1 Å². The van der Waals surface area contributed by atoms with E-state index in [1.807, 2.05) is 26.1 Å². The summed E-state index contributed by atoms with van der Waals surface area (Å²) in [6, 6.07) is 1.83. The van der Waals surface area contributed by atoms with Gasteiger partial charge >= 0.3 is 5.97 Å². The van der Waals surface area contributed by atoms with Crippen LogP contribution in [0, 0.1) is 0 Å². The Hall–Kier alpha value is -1.25. The number of esters is 1. The highest BCUT2D eigenvalue weighted by Crippen LogP contribution is 2.31. The van der Waals surface area contributed by atoms with Gasteiger partial charge in [0.1, 0.15) is 17.9 Å². The molecule has 2 atom stereocenters. The fraction of sp³-hybridized carbons (Fsp3) is 0.462. The number of hydrogen-bond donors (Lipinski definition) is 0. The van der Waals surface area contributed by atoms with Gasteiger partial charge in [0.05, 0.1) is 7.11 Å². The van der Waals surface area contributed by atoms with E-state index < -0.39 is 5.97 Å². The van der Waals surface area contributed by atoms with Crippen LogP contribution >= 0.6 is 18.5 Å². The quantitative estimate of drug-likeness (QED) is 0.631. The standard InChI is InChI=1S/C13H19N3O3P2/c1-7(2)11-14-16(6-10(17)19-3)12(18)9-4-8(13(20)21)5-15(9)11/h4-5,7,13H,6,20-21H2,1-3H3. The van der Waals surface area contributed by atoms with Gasteiger partial charge in [-0.1, -0.05) is 13.8 Å². The summed E-state index contributed by atoms with van der Waals surface area (Å²) in [5.41, 5.74) is 1.22. The van der Waals surface area contributed by atoms with E-state index >= 15 is 0 Å². The number of carbonyl (C=O) groups is 1. The summed E-state index contributed by atoms with van der Waals surface area (Å²) in [6.07, 6.45) is 1.91. The molecule has 0 N–H and O–H groups in total. The van der Waals surface area contributed by atoms with Crippen molar-refractivity contribution in [2.75, 3.05) is 7.11 Å². The van der Waals surface area contributed by atoms with Crippen LogP contribution in [-0.4, -0.2) is 27.3 Å². The molecule has 2 aromatic rings. The van der Waals surface area contributed by atoms with E-state index in [-0.39, 0.29) is 23.4 Å². The van der Waals surface area contributed by atoms with Crippen LogP contribution in [0.25, 0.3) is 5.52 Å². The van der Waals surface area contributed by atoms with Crippen molar-refractivity contribution in [1.82, 2.24) is 14.2 Å². The number of fused-ring (bicyclic) bond motifs is 1. The molecular weight excluding hydrogens is 308 g/mol. The highest BCUT2D eigenvalue weighted by Gasteiger charge is 2.17. The van der Waals surface area contributed by atoms with E-state index in [1.165, 1.54) is 11.8 Å². The lowest BCUT2D eigenvalue weighted by atomic mass is 10.2. The van der Waals surface area contributed by atoms with Crippen molar-refractivity contribution < 1.29 is 9.53 Å². The average molecular weight is 327 g/mol. The zero-order valence-electron chi connectivity index (χ0n) is 12.2. The summed E-state index contributed by atoms with van der Waals surface area (Å²) in [4.78, 5) is 23.9. The van der Waals surface area contributed by atoms with E-state index in [1.54, 1.807) is 4.40 Å². The molecule has 2 unspecified atom stereocenters. The first kappa shape index (κ1) is 16.1. The fourth-order valence-electron chi connectivity index (χ4n) is 2.06. The van der Waals surface area contributed by atoms with Crippen molar-refractivity contribution in [3.63, 3.8) is 0 Å². The molecule has 0 bridgehead atoms. The Labute approximate surface area is 127 Å². The Kier molecular flexibility index (Phi) is 4.80. The van der Waals surface area contributed by atoms with Crippen molar-refractivity contribution in [3.8, 4) is 0 Å². The molecule has 114 valence electrons. The van der Waals surface area contributed by atoms with Crippen LogP contribution in [0.3, 0.4) is 0 Å². The van der Waals surface area contributed by atoms with Crippen molar-refractivity contribution in [1.29, 1.82) is 0 Å². The molecule has 0 spiro atoms. The molecule has 0 amide bonds. The van der Waals surface area contributed by atoms with Gasteiger partial charge in [-0.05, 0) is 11.6 Å². The number of ether oxygens (including phenoxy) is 1. The highest BCUT2D eigenvalue weighted by atomic mass is 31.1. The molecule has 0 aromatic carbocycles. The van der Waals surface area contributed by atoms with Crippen LogP contribution in [-0.2, 0) is 16.1 Å². The largest absolute Gasteiger partial charge is 0.468 e. The molecule has 0 saturated carbocycles. The summed E-state index contributed by atoms with van der Waals surface area (Å²) in [6.45, 7) is 3.80. The molecule has 6 nitrogen and oxygen atoms in total. The third-order valence-corrected chi connectivity index (χ3v) is 3.94. The zero-order chi connectivity index (χ0) is 15.7. The molecule has 8 heteroatoms. The Morgan fingerprint density at radius 2 is 2.10 bits per heavy atom. The Balaban J connectivity index is 2.70. The fourth-order valence-corrected chi connectivity index (χ4v) is 2.42. The van der Waals surface area contributed by atoms with Crippen molar-refractivity contribution in [3.05, 3.63) is 34.0 Å². The number of aromatic nitrogens is 3. The minimum atomic E-state index is -0.495. The van der Waals surface area contributed by atoms with Gasteiger partial charge in [0.15, 0.2) is 0 Å². The molecule has 21 heavy (non-hydrogen) atoms. The molecule has 0 aliphatic rings. The maximum absolute atomic E-state index is 12.4. The summed E-state index contributed by atoms with van der Waals surface area (Å²) >= 11 is 0. The smallest absolute Gasteiger partial charge is 0.327 e. The SMILES string of the molecule is COC(=O)Cn1nc(C(C)C)n2cc(C(P)P)cc2c1=O. The molecule has 0 fully saturated rings. The highest BCUT2D eigenvalue weighted by molar-refractivity contribution is 7.37. The topological polar surface area (TPSA) is 65.6 Å². The third-order valence-electron chi connectivity index (χ3n) is 3.17. The second kappa shape index (κ2) is 6.25. The minimum absolute atomic E-state index is 0.115. The molecule has 0 aliphatic heterocycles. The van der Waals surface area contributed by atoms with Crippen LogP contribution in [0.4, 0.5) is 0 Å². The van der Waals surface area contributed by atoms with Crippen LogP contribution in [0.2, 0.25) is 0 Å². The lowest BCUT2D eigenvalue weighted by Gasteiger charge is -2.11. The van der Waals surface area contributed by atoms with Gasteiger partial charge in [0.25, 0.3) is 5.56 Å². The third kappa shape index (κ3) is 3.17. The molecule has 2 rings (SSSR count). The maximum Gasteiger partial charge on any atom is 0.327 e. The summed E-state index contributed by atoms with van der Waals surface area (Å²) in [5.74, 6) is 0.352. The number of nitrogens with zero attached hydrogens (tertiary/aromatic N) is 3. The van der Waals surface area contributed by atoms with Gasteiger partial charge in [-0.3, -0.25) is 14.0 Å². The van der Waals surface area contributed by atoms with Crippen LogP contribution < -0.4 is 5.56 Å². The Morgan fingerprint density at radius 3 is 2.62 bits per heavy atom. The van der Waals surface area contributed by atoms with Crippen LogP contribution in [0.1, 0.15) is 36.6 Å². The van der Waals surface area contributed by atoms with E-state index in [9.17, 15) is 9.59 Å². The van der Waals surface area contributed by atoms with E-state index in [0.717, 1.165) is 11.4 Å². The first-order chi connectivity index (χ1) is 9.85. The Bertz CT molecular complexity index is 734. The van der Waals surface area contributed by atoms with E-state index in [2.05, 4.69) is 28.3 Å². The van der Waals surface area contributed by atoms with E-state index in [4.69, 9.17) is 0 Å². The van der Waals surface area contributed by atoms with Crippen LogP contribution in [0.5, 0.6) is 0 Å². The monoisotopic (exact) mass is 327 g/mol. The van der Waals surface area contributed by atoms with Crippen molar-refractivity contribution >= 4 is 30.0 Å². The van der Waals surface area contributed by atoms with Gasteiger partial charge in [-0.25, -0.2) is 4.68 Å². The number of methoxy groups -OCH3 is 1. The summed E-state index contributed by atoms with van der Waals surface area (Å²) in [7, 11) is 6.63. The number of rotatable bonds is 4. The second-order valence-corrected chi connectivity index (χ2v) is 7.31. The van der Waals surface area contributed by atoms with Gasteiger partial charge in [0.2, 0.25) is 0 Å². The summed E-state index contributed by atoms with van der Waals surface area (Å²) < 4.78 is 7.58. The second-order valence-electron chi connectivity index (χ2n) is 5.11. The molecule has 2 aromatic heterocycles. The van der Waals surface area contributed by atoms with Crippen molar-refractivity contribution in [2.45, 2.75) is 31.7 Å².